The van der Waals surface area contributed by atoms with Crippen molar-refractivity contribution in [1.82, 2.24) is 0 Å². The first-order valence-corrected chi connectivity index (χ1v) is 3.79. The fourth-order valence-electron chi connectivity index (χ4n) is 0.852. The van der Waals surface area contributed by atoms with Gasteiger partial charge in [0.2, 0.25) is 0 Å². The van der Waals surface area contributed by atoms with Crippen molar-refractivity contribution in [3.8, 4) is 17.6 Å². The number of aromatic hydroxyl groups is 1. The Kier molecular flexibility index (Phi) is 2.60. The predicted octanol–water partition coefficient (Wildman–Crippen LogP) is 1.27. The minimum atomic E-state index is -0.580. The molecule has 1 aromatic carbocycles. The van der Waals surface area contributed by atoms with Crippen molar-refractivity contribution in [3.05, 3.63) is 18.2 Å². The standard InChI is InChI=1S/C9H10N2O2/c1-6(5-10)13-8-4-2-3-7(12)9(8)11/h2-4,6,12H,11H2,1H3. The number of hydrogen-bond acceptors (Lipinski definition) is 4. The van der Waals surface area contributed by atoms with E-state index < -0.39 is 6.10 Å². The van der Waals surface area contributed by atoms with Crippen molar-refractivity contribution in [2.45, 2.75) is 13.0 Å². The summed E-state index contributed by atoms with van der Waals surface area (Å²) < 4.78 is 5.13. The smallest absolute Gasteiger partial charge is 0.181 e. The van der Waals surface area contributed by atoms with E-state index in [1.54, 1.807) is 19.1 Å². The number of benzene rings is 1. The monoisotopic (exact) mass is 178 g/mol. The molecule has 0 aliphatic carbocycles. The summed E-state index contributed by atoms with van der Waals surface area (Å²) in [5, 5.41) is 17.7. The molecule has 0 heterocycles. The minimum absolute atomic E-state index is 0.0392. The molecule has 4 heteroatoms. The van der Waals surface area contributed by atoms with Crippen LogP contribution in [0, 0.1) is 11.3 Å². The molecular formula is C9H10N2O2. The number of para-hydroxylation sites is 1. The number of nitrogens with two attached hydrogens (primary N) is 1. The first kappa shape index (κ1) is 9.20. The molecule has 0 amide bonds. The second-order valence-electron chi connectivity index (χ2n) is 2.58. The SMILES string of the molecule is CC(C#N)Oc1cccc(O)c1N. The van der Waals surface area contributed by atoms with Gasteiger partial charge in [-0.1, -0.05) is 6.07 Å². The summed E-state index contributed by atoms with van der Waals surface area (Å²) >= 11 is 0. The maximum Gasteiger partial charge on any atom is 0.181 e. The molecule has 0 fully saturated rings. The van der Waals surface area contributed by atoms with Crippen molar-refractivity contribution in [2.75, 3.05) is 5.73 Å². The number of hydrogen-bond donors (Lipinski definition) is 2. The number of anilines is 1. The Balaban J connectivity index is 2.90. The highest BCUT2D eigenvalue weighted by Crippen LogP contribution is 2.30. The second-order valence-corrected chi connectivity index (χ2v) is 2.58. The molecule has 0 bridgehead atoms. The molecule has 3 N–H and O–H groups in total. The predicted molar refractivity (Wildman–Crippen MR) is 48.2 cm³/mol. The van der Waals surface area contributed by atoms with Gasteiger partial charge in [-0.2, -0.15) is 5.26 Å². The normalized spacial score (nSPS) is 11.7. The van der Waals surface area contributed by atoms with Crippen LogP contribution in [0.2, 0.25) is 0 Å². The number of nitrogens with zero attached hydrogens (tertiary/aromatic N) is 1. The molecule has 0 aromatic heterocycles. The van der Waals surface area contributed by atoms with Gasteiger partial charge in [0, 0.05) is 0 Å². The van der Waals surface area contributed by atoms with E-state index in [-0.39, 0.29) is 11.4 Å². The van der Waals surface area contributed by atoms with Crippen LogP contribution in [-0.2, 0) is 0 Å². The van der Waals surface area contributed by atoms with Crippen LogP contribution < -0.4 is 10.5 Å². The van der Waals surface area contributed by atoms with E-state index in [2.05, 4.69) is 0 Å². The lowest BCUT2D eigenvalue weighted by Crippen LogP contribution is -2.09. The Labute approximate surface area is 76.2 Å². The Bertz CT molecular complexity index is 344. The molecule has 0 radical (unpaired) electrons. The molecule has 13 heavy (non-hydrogen) atoms. The van der Waals surface area contributed by atoms with Gasteiger partial charge < -0.3 is 15.6 Å². The van der Waals surface area contributed by atoms with Gasteiger partial charge in [0.25, 0.3) is 0 Å². The van der Waals surface area contributed by atoms with Crippen molar-refractivity contribution in [3.63, 3.8) is 0 Å². The summed E-state index contributed by atoms with van der Waals surface area (Å²) in [6, 6.07) is 6.56. The van der Waals surface area contributed by atoms with Crippen molar-refractivity contribution >= 4 is 5.69 Å². The summed E-state index contributed by atoms with van der Waals surface area (Å²) in [7, 11) is 0. The fraction of sp³-hybridized carbons (Fsp3) is 0.222. The van der Waals surface area contributed by atoms with Gasteiger partial charge in [0.05, 0.1) is 0 Å². The van der Waals surface area contributed by atoms with Crippen molar-refractivity contribution in [2.24, 2.45) is 0 Å². The third-order valence-electron chi connectivity index (χ3n) is 1.53. The van der Waals surface area contributed by atoms with Gasteiger partial charge in [-0.25, -0.2) is 0 Å². The van der Waals surface area contributed by atoms with E-state index in [9.17, 15) is 5.11 Å². The topological polar surface area (TPSA) is 79.3 Å². The van der Waals surface area contributed by atoms with Crippen LogP contribution in [0.15, 0.2) is 18.2 Å². The van der Waals surface area contributed by atoms with E-state index in [0.717, 1.165) is 0 Å². The van der Waals surface area contributed by atoms with Crippen LogP contribution in [0.5, 0.6) is 11.5 Å². The minimum Gasteiger partial charge on any atom is -0.506 e. The zero-order valence-electron chi connectivity index (χ0n) is 7.19. The molecule has 1 rings (SSSR count). The highest BCUT2D eigenvalue weighted by molar-refractivity contribution is 5.61. The van der Waals surface area contributed by atoms with Crippen LogP contribution in [0.25, 0.3) is 0 Å². The van der Waals surface area contributed by atoms with Gasteiger partial charge in [-0.15, -0.1) is 0 Å². The summed E-state index contributed by atoms with van der Waals surface area (Å²) in [4.78, 5) is 0. The molecule has 4 nitrogen and oxygen atoms in total. The molecule has 0 saturated heterocycles. The van der Waals surface area contributed by atoms with Crippen LogP contribution >= 0.6 is 0 Å². The zero-order valence-corrected chi connectivity index (χ0v) is 7.19. The van der Waals surface area contributed by atoms with E-state index in [0.29, 0.717) is 5.75 Å². The Hall–Kier alpha value is -1.89. The number of ether oxygens (including phenoxy) is 1. The van der Waals surface area contributed by atoms with E-state index in [1.807, 2.05) is 6.07 Å². The Morgan fingerprint density at radius 3 is 2.92 bits per heavy atom. The number of rotatable bonds is 2. The van der Waals surface area contributed by atoms with Gasteiger partial charge in [-0.05, 0) is 19.1 Å². The lowest BCUT2D eigenvalue weighted by Gasteiger charge is -2.10. The largest absolute Gasteiger partial charge is 0.506 e. The highest BCUT2D eigenvalue weighted by Gasteiger charge is 2.07. The lowest BCUT2D eigenvalue weighted by atomic mass is 10.2. The maximum absolute atomic E-state index is 9.20. The number of phenols is 1. The quantitative estimate of drug-likeness (QED) is 0.528. The van der Waals surface area contributed by atoms with Crippen LogP contribution in [0.4, 0.5) is 5.69 Å². The molecule has 0 spiro atoms. The third-order valence-corrected chi connectivity index (χ3v) is 1.53. The molecule has 1 atom stereocenters. The van der Waals surface area contributed by atoms with Gasteiger partial charge in [0.15, 0.2) is 6.10 Å². The highest BCUT2D eigenvalue weighted by atomic mass is 16.5. The van der Waals surface area contributed by atoms with Crippen LogP contribution in [0.1, 0.15) is 6.92 Å². The van der Waals surface area contributed by atoms with E-state index in [4.69, 9.17) is 15.7 Å². The van der Waals surface area contributed by atoms with Crippen molar-refractivity contribution in [1.29, 1.82) is 5.26 Å². The molecule has 68 valence electrons. The number of nitriles is 1. The van der Waals surface area contributed by atoms with E-state index >= 15 is 0 Å². The molecule has 0 aliphatic rings. The average Bonchev–Trinajstić information content (AvgIpc) is 2.13. The first-order valence-electron chi connectivity index (χ1n) is 3.79. The van der Waals surface area contributed by atoms with Gasteiger partial charge in [0.1, 0.15) is 23.3 Å². The molecule has 0 saturated carbocycles. The van der Waals surface area contributed by atoms with Crippen LogP contribution in [-0.4, -0.2) is 11.2 Å². The molecule has 1 unspecified atom stereocenters. The fourth-order valence-corrected chi connectivity index (χ4v) is 0.852. The molecular weight excluding hydrogens is 168 g/mol. The Morgan fingerprint density at radius 1 is 1.62 bits per heavy atom. The van der Waals surface area contributed by atoms with E-state index in [1.165, 1.54) is 6.07 Å². The van der Waals surface area contributed by atoms with Crippen LogP contribution in [0.3, 0.4) is 0 Å². The second kappa shape index (κ2) is 3.68. The summed E-state index contributed by atoms with van der Waals surface area (Å²) in [5.41, 5.74) is 5.66. The van der Waals surface area contributed by atoms with Crippen molar-refractivity contribution < 1.29 is 9.84 Å². The summed E-state index contributed by atoms with van der Waals surface area (Å²) in [6.07, 6.45) is -0.580. The maximum atomic E-state index is 9.20. The molecule has 0 aliphatic heterocycles. The number of nitrogen functional groups attached to an aromatic ring is 1. The molecule has 1 aromatic rings. The lowest BCUT2D eigenvalue weighted by molar-refractivity contribution is 0.277. The third kappa shape index (κ3) is 2.03. The van der Waals surface area contributed by atoms with Gasteiger partial charge in [-0.3, -0.25) is 0 Å². The zero-order chi connectivity index (χ0) is 9.84. The average molecular weight is 178 g/mol. The Morgan fingerprint density at radius 2 is 2.31 bits per heavy atom. The number of phenolic OH excluding ortho intramolecular Hbond substituents is 1. The summed E-state index contributed by atoms with van der Waals surface area (Å²) in [5.74, 6) is 0.289. The van der Waals surface area contributed by atoms with Gasteiger partial charge >= 0.3 is 0 Å². The first-order chi connectivity index (χ1) is 6.15. The summed E-state index contributed by atoms with van der Waals surface area (Å²) in [6.45, 7) is 1.60.